The summed E-state index contributed by atoms with van der Waals surface area (Å²) in [5.41, 5.74) is 0. The van der Waals surface area contributed by atoms with Crippen molar-refractivity contribution >= 4 is 17.6 Å². The lowest BCUT2D eigenvalue weighted by Crippen LogP contribution is -2.35. The lowest BCUT2D eigenvalue weighted by molar-refractivity contribution is -0.140. The summed E-state index contributed by atoms with van der Waals surface area (Å²) in [5.74, 6) is 4.00. The number of esters is 1. The van der Waals surface area contributed by atoms with E-state index in [0.717, 1.165) is 55.3 Å². The second kappa shape index (κ2) is 12.0. The van der Waals surface area contributed by atoms with Crippen LogP contribution in [0.15, 0.2) is 18.2 Å². The number of ether oxygens (including phenoxy) is 1. The van der Waals surface area contributed by atoms with Crippen LogP contribution < -0.4 is 4.74 Å². The molecule has 33 heavy (non-hydrogen) atoms. The number of benzene rings is 1. The predicted octanol–water partition coefficient (Wildman–Crippen LogP) is 8.99. The summed E-state index contributed by atoms with van der Waals surface area (Å²) < 4.78 is 19.1. The number of fused-ring (bicyclic) bond motifs is 1. The van der Waals surface area contributed by atoms with Gasteiger partial charge in [0.25, 0.3) is 0 Å². The molecule has 3 aliphatic rings. The monoisotopic (exact) mass is 476 g/mol. The van der Waals surface area contributed by atoms with E-state index in [9.17, 15) is 9.18 Å². The van der Waals surface area contributed by atoms with Crippen LogP contribution in [-0.2, 0) is 4.79 Å². The molecule has 3 fully saturated rings. The van der Waals surface area contributed by atoms with Gasteiger partial charge < -0.3 is 4.74 Å². The normalized spacial score (nSPS) is 32.2. The molecule has 0 N–H and O–H groups in total. The first kappa shape index (κ1) is 25.0. The Kier molecular flexibility index (Phi) is 9.13. The van der Waals surface area contributed by atoms with Gasteiger partial charge in [0, 0.05) is 6.07 Å². The van der Waals surface area contributed by atoms with E-state index in [1.807, 2.05) is 0 Å². The quantitative estimate of drug-likeness (QED) is 0.212. The summed E-state index contributed by atoms with van der Waals surface area (Å²) in [7, 11) is 0. The molecule has 4 unspecified atom stereocenters. The molecule has 0 radical (unpaired) electrons. The summed E-state index contributed by atoms with van der Waals surface area (Å²) in [6.07, 6.45) is 19.8. The first-order chi connectivity index (χ1) is 16.0. The van der Waals surface area contributed by atoms with E-state index in [1.54, 1.807) is 6.07 Å². The van der Waals surface area contributed by atoms with Gasteiger partial charge in [0.15, 0.2) is 0 Å². The summed E-state index contributed by atoms with van der Waals surface area (Å²) in [4.78, 5) is 12.6. The van der Waals surface area contributed by atoms with E-state index >= 15 is 0 Å². The third-order valence-corrected chi connectivity index (χ3v) is 9.42. The van der Waals surface area contributed by atoms with Crippen molar-refractivity contribution in [2.75, 3.05) is 0 Å². The Morgan fingerprint density at radius 3 is 2.30 bits per heavy atom. The summed E-state index contributed by atoms with van der Waals surface area (Å²) in [6.45, 7) is 2.30. The van der Waals surface area contributed by atoms with Gasteiger partial charge in [-0.3, -0.25) is 4.79 Å². The van der Waals surface area contributed by atoms with Crippen molar-refractivity contribution in [2.24, 2.45) is 35.5 Å². The van der Waals surface area contributed by atoms with Gasteiger partial charge in [-0.15, -0.1) is 0 Å². The first-order valence-electron chi connectivity index (χ1n) is 13.7. The smallest absolute Gasteiger partial charge is 0.314 e. The average Bonchev–Trinajstić information content (AvgIpc) is 2.84. The molecule has 3 saturated carbocycles. The van der Waals surface area contributed by atoms with Gasteiger partial charge in [-0.05, 0) is 99.5 Å². The Labute approximate surface area is 205 Å². The molecule has 0 amide bonds. The molecule has 3 aliphatic carbocycles. The maximum atomic E-state index is 13.6. The maximum Gasteiger partial charge on any atom is 0.314 e. The number of unbranched alkanes of at least 4 members (excludes halogenated alkanes) is 3. The van der Waals surface area contributed by atoms with Crippen LogP contribution in [0, 0.1) is 41.3 Å². The van der Waals surface area contributed by atoms with E-state index in [0.29, 0.717) is 0 Å². The van der Waals surface area contributed by atoms with Crippen molar-refractivity contribution in [3.8, 4) is 5.75 Å². The van der Waals surface area contributed by atoms with Crippen molar-refractivity contribution in [1.82, 2.24) is 0 Å². The van der Waals surface area contributed by atoms with Crippen LogP contribution in [0.2, 0.25) is 5.02 Å². The molecule has 0 heterocycles. The largest absolute Gasteiger partial charge is 0.426 e. The van der Waals surface area contributed by atoms with Gasteiger partial charge in [-0.1, -0.05) is 57.0 Å². The van der Waals surface area contributed by atoms with Gasteiger partial charge in [0.2, 0.25) is 0 Å². The number of carbonyl (C=O) groups is 1. The Morgan fingerprint density at radius 1 is 0.909 bits per heavy atom. The highest BCUT2D eigenvalue weighted by Gasteiger charge is 2.39. The van der Waals surface area contributed by atoms with Crippen molar-refractivity contribution in [3.63, 3.8) is 0 Å². The lowest BCUT2D eigenvalue weighted by atomic mass is 9.60. The Balaban J connectivity index is 1.19. The Hall–Kier alpha value is -1.09. The molecule has 184 valence electrons. The van der Waals surface area contributed by atoms with Crippen LogP contribution >= 0.6 is 11.6 Å². The topological polar surface area (TPSA) is 26.3 Å². The molecule has 2 nitrogen and oxygen atoms in total. The predicted molar refractivity (Wildman–Crippen MR) is 133 cm³/mol. The Morgan fingerprint density at radius 2 is 1.58 bits per heavy atom. The third-order valence-electron chi connectivity index (χ3n) is 9.11. The molecular formula is C29H42ClFO2. The minimum absolute atomic E-state index is 0.0467. The number of hydrogen-bond donors (Lipinski definition) is 0. The van der Waals surface area contributed by atoms with Gasteiger partial charge in [-0.25, -0.2) is 4.39 Å². The summed E-state index contributed by atoms with van der Waals surface area (Å²) in [6, 6.07) is 4.20. The first-order valence-corrected chi connectivity index (χ1v) is 14.1. The molecule has 0 bridgehead atoms. The fourth-order valence-electron chi connectivity index (χ4n) is 7.14. The number of hydrogen-bond acceptors (Lipinski definition) is 2. The fourth-order valence-corrected chi connectivity index (χ4v) is 7.26. The number of halogens is 2. The molecule has 0 aliphatic heterocycles. The highest BCUT2D eigenvalue weighted by atomic mass is 35.5. The lowest BCUT2D eigenvalue weighted by Gasteiger charge is -2.45. The van der Waals surface area contributed by atoms with Crippen LogP contribution in [0.25, 0.3) is 0 Å². The average molecular weight is 477 g/mol. The van der Waals surface area contributed by atoms with Crippen molar-refractivity contribution < 1.29 is 13.9 Å². The van der Waals surface area contributed by atoms with E-state index in [4.69, 9.17) is 16.3 Å². The molecule has 4 atom stereocenters. The van der Waals surface area contributed by atoms with Crippen molar-refractivity contribution in [2.45, 2.75) is 103 Å². The molecule has 4 rings (SSSR count). The minimum atomic E-state index is -0.549. The second-order valence-electron chi connectivity index (χ2n) is 11.2. The molecular weight excluding hydrogens is 435 g/mol. The number of carbonyl (C=O) groups excluding carboxylic acids is 1. The molecule has 0 aromatic heterocycles. The molecule has 1 aromatic carbocycles. The summed E-state index contributed by atoms with van der Waals surface area (Å²) >= 11 is 5.72. The molecule has 0 saturated heterocycles. The zero-order valence-corrected chi connectivity index (χ0v) is 21.1. The van der Waals surface area contributed by atoms with E-state index in [-0.39, 0.29) is 22.7 Å². The van der Waals surface area contributed by atoms with E-state index < -0.39 is 5.82 Å². The highest BCUT2D eigenvalue weighted by Crippen LogP contribution is 2.49. The van der Waals surface area contributed by atoms with E-state index in [2.05, 4.69) is 6.92 Å². The van der Waals surface area contributed by atoms with Crippen LogP contribution in [0.4, 0.5) is 4.39 Å². The highest BCUT2D eigenvalue weighted by molar-refractivity contribution is 6.30. The zero-order chi connectivity index (χ0) is 23.2. The SMILES string of the molecule is CCCCCCC1CCC2CC(C3CCC(C(=O)Oc4ccc(Cl)c(F)c4)CC3)CCC2C1. The van der Waals surface area contributed by atoms with Crippen LogP contribution in [0.3, 0.4) is 0 Å². The molecule has 0 spiro atoms. The van der Waals surface area contributed by atoms with Gasteiger partial charge in [0.1, 0.15) is 11.6 Å². The minimum Gasteiger partial charge on any atom is -0.426 e. The zero-order valence-electron chi connectivity index (χ0n) is 20.4. The van der Waals surface area contributed by atoms with Crippen molar-refractivity contribution in [1.29, 1.82) is 0 Å². The summed E-state index contributed by atoms with van der Waals surface area (Å²) in [5, 5.41) is 0.0467. The van der Waals surface area contributed by atoms with E-state index in [1.165, 1.54) is 82.8 Å². The van der Waals surface area contributed by atoms with Crippen molar-refractivity contribution in [3.05, 3.63) is 29.0 Å². The maximum absolute atomic E-state index is 13.6. The second-order valence-corrected chi connectivity index (χ2v) is 11.6. The Bertz CT molecular complexity index is 773. The molecule has 4 heteroatoms. The fraction of sp³-hybridized carbons (Fsp3) is 0.759. The standard InChI is InChI=1S/C29H42ClFO2/c1-2-3-4-5-6-20-7-8-25-18-24(14-13-23(25)17-20)21-9-11-22(12-10-21)29(32)33-26-15-16-27(30)28(31)19-26/h15-16,19-25H,2-14,17-18H2,1H3. The number of rotatable bonds is 8. The van der Waals surface area contributed by atoms with Gasteiger partial charge >= 0.3 is 5.97 Å². The van der Waals surface area contributed by atoms with Crippen LogP contribution in [-0.4, -0.2) is 5.97 Å². The van der Waals surface area contributed by atoms with Gasteiger partial charge in [-0.2, -0.15) is 0 Å². The van der Waals surface area contributed by atoms with Crippen LogP contribution in [0.1, 0.15) is 103 Å². The molecule has 1 aromatic rings. The van der Waals surface area contributed by atoms with Gasteiger partial charge in [0.05, 0.1) is 10.9 Å². The van der Waals surface area contributed by atoms with Crippen LogP contribution in [0.5, 0.6) is 5.75 Å². The third kappa shape index (κ3) is 6.74.